The Bertz CT molecular complexity index is 960. The first-order valence-corrected chi connectivity index (χ1v) is 11.5. The van der Waals surface area contributed by atoms with Crippen LogP contribution in [0.5, 0.6) is 11.5 Å². The lowest BCUT2D eigenvalue weighted by molar-refractivity contribution is 0.0466. The van der Waals surface area contributed by atoms with Crippen LogP contribution in [0.2, 0.25) is 0 Å². The lowest BCUT2D eigenvalue weighted by Gasteiger charge is -2.43. The molecule has 2 amide bonds. The number of nitrogens with zero attached hydrogens (tertiary/aromatic N) is 1. The number of hydrogen-bond donors (Lipinski definition) is 1. The molecule has 2 aromatic carbocycles. The van der Waals surface area contributed by atoms with E-state index in [4.69, 9.17) is 9.47 Å². The summed E-state index contributed by atoms with van der Waals surface area (Å²) in [4.78, 5) is 28.3. The molecule has 0 bridgehead atoms. The predicted octanol–water partition coefficient (Wildman–Crippen LogP) is 4.30. The van der Waals surface area contributed by atoms with Crippen LogP contribution in [0.25, 0.3) is 0 Å². The van der Waals surface area contributed by atoms with Crippen molar-refractivity contribution in [3.05, 3.63) is 59.7 Å². The molecule has 1 saturated heterocycles. The Kier molecular flexibility index (Phi) is 6.98. The van der Waals surface area contributed by atoms with Crippen molar-refractivity contribution >= 4 is 11.8 Å². The van der Waals surface area contributed by atoms with Gasteiger partial charge in [0.15, 0.2) is 0 Å². The van der Waals surface area contributed by atoms with Crippen molar-refractivity contribution < 1.29 is 19.1 Å². The van der Waals surface area contributed by atoms with Crippen LogP contribution >= 0.6 is 0 Å². The summed E-state index contributed by atoms with van der Waals surface area (Å²) in [6.45, 7) is 2.52. The van der Waals surface area contributed by atoms with Gasteiger partial charge >= 0.3 is 0 Å². The van der Waals surface area contributed by atoms with Crippen LogP contribution in [0.1, 0.15) is 59.2 Å². The maximum absolute atomic E-state index is 13.4. The molecule has 1 spiro atoms. The minimum atomic E-state index is -0.124. The van der Waals surface area contributed by atoms with E-state index in [1.165, 1.54) is 0 Å². The summed E-state index contributed by atoms with van der Waals surface area (Å²) in [7, 11) is 1.59. The number of carbonyl (C=O) groups excluding carboxylic acids is 2. The number of amides is 2. The molecule has 2 aromatic rings. The number of carbonyl (C=O) groups is 2. The van der Waals surface area contributed by atoms with E-state index in [1.807, 2.05) is 53.4 Å². The van der Waals surface area contributed by atoms with Gasteiger partial charge < -0.3 is 19.7 Å². The largest absolute Gasteiger partial charge is 0.496 e. The number of nitrogens with one attached hydrogen (secondary N) is 1. The SMILES string of the molecule is COc1ccccc1C(=O)N1CCCC2(CCCCCOc3ccccc3C(=O)NC2)C1. The summed E-state index contributed by atoms with van der Waals surface area (Å²) in [5.41, 5.74) is 1.04. The summed E-state index contributed by atoms with van der Waals surface area (Å²) in [6, 6.07) is 14.8. The molecule has 6 nitrogen and oxygen atoms in total. The smallest absolute Gasteiger partial charge is 0.257 e. The minimum Gasteiger partial charge on any atom is -0.496 e. The van der Waals surface area contributed by atoms with Crippen molar-refractivity contribution in [2.75, 3.05) is 33.4 Å². The van der Waals surface area contributed by atoms with Gasteiger partial charge in [-0.25, -0.2) is 0 Å². The zero-order chi connectivity index (χ0) is 22.4. The number of ether oxygens (including phenoxy) is 2. The number of hydrogen-bond acceptors (Lipinski definition) is 4. The van der Waals surface area contributed by atoms with Gasteiger partial charge in [0, 0.05) is 25.0 Å². The van der Waals surface area contributed by atoms with Crippen LogP contribution in [-0.4, -0.2) is 50.1 Å². The Balaban J connectivity index is 1.54. The topological polar surface area (TPSA) is 67.9 Å². The second kappa shape index (κ2) is 10.1. The Morgan fingerprint density at radius 2 is 1.81 bits per heavy atom. The third-order valence-corrected chi connectivity index (χ3v) is 6.65. The number of methoxy groups -OCH3 is 1. The Labute approximate surface area is 189 Å². The first kappa shape index (κ1) is 22.2. The molecule has 170 valence electrons. The van der Waals surface area contributed by atoms with E-state index in [0.717, 1.165) is 45.1 Å². The monoisotopic (exact) mass is 436 g/mol. The molecule has 0 radical (unpaired) electrons. The van der Waals surface area contributed by atoms with Gasteiger partial charge in [-0.1, -0.05) is 37.1 Å². The van der Waals surface area contributed by atoms with E-state index in [2.05, 4.69) is 5.32 Å². The van der Waals surface area contributed by atoms with Crippen molar-refractivity contribution in [1.29, 1.82) is 0 Å². The molecule has 1 unspecified atom stereocenters. The van der Waals surface area contributed by atoms with E-state index in [9.17, 15) is 9.59 Å². The van der Waals surface area contributed by atoms with Crippen LogP contribution in [-0.2, 0) is 0 Å². The van der Waals surface area contributed by atoms with Gasteiger partial charge in [0.1, 0.15) is 11.5 Å². The number of benzene rings is 2. The molecule has 4 rings (SSSR count). The van der Waals surface area contributed by atoms with Crippen LogP contribution in [0.4, 0.5) is 0 Å². The molecule has 2 aliphatic rings. The zero-order valence-corrected chi connectivity index (χ0v) is 18.8. The van der Waals surface area contributed by atoms with E-state index in [-0.39, 0.29) is 17.2 Å². The van der Waals surface area contributed by atoms with E-state index < -0.39 is 0 Å². The van der Waals surface area contributed by atoms with Crippen molar-refractivity contribution in [3.63, 3.8) is 0 Å². The highest BCUT2D eigenvalue weighted by atomic mass is 16.5. The maximum Gasteiger partial charge on any atom is 0.257 e. The lowest BCUT2D eigenvalue weighted by Crippen LogP contribution is -2.51. The third kappa shape index (κ3) is 4.90. The van der Waals surface area contributed by atoms with Gasteiger partial charge in [-0.05, 0) is 49.9 Å². The summed E-state index contributed by atoms with van der Waals surface area (Å²) in [5, 5.41) is 3.16. The Hall–Kier alpha value is -3.02. The van der Waals surface area contributed by atoms with Crippen molar-refractivity contribution in [2.45, 2.75) is 38.5 Å². The Morgan fingerprint density at radius 1 is 1.03 bits per heavy atom. The normalized spacial score (nSPS) is 22.0. The van der Waals surface area contributed by atoms with E-state index >= 15 is 0 Å². The molecule has 2 heterocycles. The quantitative estimate of drug-likeness (QED) is 0.762. The minimum absolute atomic E-state index is 0.00212. The molecule has 0 aromatic heterocycles. The highest BCUT2D eigenvalue weighted by Gasteiger charge is 2.38. The second-order valence-corrected chi connectivity index (χ2v) is 8.87. The van der Waals surface area contributed by atoms with Crippen molar-refractivity contribution in [1.82, 2.24) is 10.2 Å². The van der Waals surface area contributed by atoms with Crippen molar-refractivity contribution in [3.8, 4) is 11.5 Å². The summed E-state index contributed by atoms with van der Waals surface area (Å²) in [5.74, 6) is 1.11. The summed E-state index contributed by atoms with van der Waals surface area (Å²) >= 11 is 0. The van der Waals surface area contributed by atoms with E-state index in [1.54, 1.807) is 7.11 Å². The summed E-state index contributed by atoms with van der Waals surface area (Å²) in [6.07, 6.45) is 5.98. The van der Waals surface area contributed by atoms with E-state index in [0.29, 0.717) is 42.3 Å². The van der Waals surface area contributed by atoms with Crippen LogP contribution in [0.15, 0.2) is 48.5 Å². The number of likely N-dealkylation sites (tertiary alicyclic amines) is 1. The highest BCUT2D eigenvalue weighted by Crippen LogP contribution is 2.36. The van der Waals surface area contributed by atoms with Gasteiger partial charge in [0.25, 0.3) is 11.8 Å². The van der Waals surface area contributed by atoms with Gasteiger partial charge in [0.05, 0.1) is 24.8 Å². The van der Waals surface area contributed by atoms with Gasteiger partial charge in [0.2, 0.25) is 0 Å². The molecule has 0 aliphatic carbocycles. The number of piperidine rings is 1. The lowest BCUT2D eigenvalue weighted by atomic mass is 9.75. The Morgan fingerprint density at radius 3 is 2.69 bits per heavy atom. The average Bonchev–Trinajstić information content (AvgIpc) is 2.84. The molecule has 1 N–H and O–H groups in total. The van der Waals surface area contributed by atoms with Gasteiger partial charge in [-0.2, -0.15) is 0 Å². The molecule has 32 heavy (non-hydrogen) atoms. The number of rotatable bonds is 2. The number of fused-ring (bicyclic) bond motifs is 1. The molecule has 1 atom stereocenters. The van der Waals surface area contributed by atoms with Gasteiger partial charge in [-0.3, -0.25) is 9.59 Å². The molecular formula is C26H32N2O4. The fourth-order valence-corrected chi connectivity index (χ4v) is 4.91. The fraction of sp³-hybridized carbons (Fsp3) is 0.462. The predicted molar refractivity (Wildman–Crippen MR) is 123 cm³/mol. The highest BCUT2D eigenvalue weighted by molar-refractivity contribution is 5.97. The van der Waals surface area contributed by atoms with Crippen LogP contribution < -0.4 is 14.8 Å². The standard InChI is InChI=1S/C26H32N2O4/c1-31-22-12-5-4-11-21(22)25(30)28-16-9-15-26(19-28)14-7-2-8-17-32-23-13-6-3-10-20(23)24(29)27-18-26/h3-6,10-13H,2,7-9,14-19H2,1H3,(H,27,29). The molecule has 2 aliphatic heterocycles. The first-order chi connectivity index (χ1) is 15.6. The molecular weight excluding hydrogens is 404 g/mol. The summed E-state index contributed by atoms with van der Waals surface area (Å²) < 4.78 is 11.3. The first-order valence-electron chi connectivity index (χ1n) is 11.5. The van der Waals surface area contributed by atoms with Crippen molar-refractivity contribution in [2.24, 2.45) is 5.41 Å². The van der Waals surface area contributed by atoms with Gasteiger partial charge in [-0.15, -0.1) is 0 Å². The van der Waals surface area contributed by atoms with Crippen LogP contribution in [0, 0.1) is 5.41 Å². The zero-order valence-electron chi connectivity index (χ0n) is 18.8. The second-order valence-electron chi connectivity index (χ2n) is 8.87. The molecule has 6 heteroatoms. The fourth-order valence-electron chi connectivity index (χ4n) is 4.91. The average molecular weight is 437 g/mol. The molecule has 0 saturated carbocycles. The third-order valence-electron chi connectivity index (χ3n) is 6.65. The van der Waals surface area contributed by atoms with Crippen LogP contribution in [0.3, 0.4) is 0 Å². The maximum atomic E-state index is 13.4. The number of para-hydroxylation sites is 2. The molecule has 1 fully saturated rings.